The molecule has 12 heavy (non-hydrogen) atoms. The van der Waals surface area contributed by atoms with Crippen LogP contribution in [0.25, 0.3) is 0 Å². The van der Waals surface area contributed by atoms with Crippen LogP contribution in [0.4, 0.5) is 13.2 Å². The second-order valence-electron chi connectivity index (χ2n) is 2.13. The van der Waals surface area contributed by atoms with Crippen molar-refractivity contribution in [3.05, 3.63) is 0 Å². The molecule has 1 N–H and O–H groups in total. The summed E-state index contributed by atoms with van der Waals surface area (Å²) in [6, 6.07) is 0. The van der Waals surface area contributed by atoms with Crippen molar-refractivity contribution in [1.29, 1.82) is 0 Å². The summed E-state index contributed by atoms with van der Waals surface area (Å²) in [6.45, 7) is 1.38. The number of rotatable bonds is 4. The maximum Gasteiger partial charge on any atom is 0.425 e. The van der Waals surface area contributed by atoms with Crippen molar-refractivity contribution in [2.24, 2.45) is 0 Å². The van der Waals surface area contributed by atoms with E-state index in [0.717, 1.165) is 0 Å². The van der Waals surface area contributed by atoms with Crippen LogP contribution in [0.2, 0.25) is 0 Å². The number of hydrogen-bond donors (Lipinski definition) is 1. The number of carboxylic acids is 1. The molecule has 0 radical (unpaired) electrons. The summed E-state index contributed by atoms with van der Waals surface area (Å²) in [5.74, 6) is -2.00. The van der Waals surface area contributed by atoms with Crippen LogP contribution in [0.5, 0.6) is 0 Å². The van der Waals surface area contributed by atoms with E-state index < -0.39 is 18.2 Å². The van der Waals surface area contributed by atoms with Crippen molar-refractivity contribution in [2.75, 3.05) is 6.61 Å². The van der Waals surface area contributed by atoms with E-state index in [1.807, 2.05) is 0 Å². The summed E-state index contributed by atoms with van der Waals surface area (Å²) in [4.78, 5) is 10.0. The first-order valence-electron chi connectivity index (χ1n) is 3.30. The number of ether oxygens (including phenoxy) is 1. The molecule has 0 spiro atoms. The fourth-order valence-corrected chi connectivity index (χ4v) is 0.541. The lowest BCUT2D eigenvalue weighted by Crippen LogP contribution is -2.39. The molecule has 0 aliphatic carbocycles. The quantitative estimate of drug-likeness (QED) is 0.722. The normalized spacial score (nSPS) is 14.3. The van der Waals surface area contributed by atoms with Crippen LogP contribution in [-0.4, -0.2) is 30.0 Å². The zero-order valence-corrected chi connectivity index (χ0v) is 6.39. The molecule has 0 rings (SSSR count). The maximum atomic E-state index is 11.8. The van der Waals surface area contributed by atoms with Gasteiger partial charge in [-0.2, -0.15) is 13.2 Å². The number of carboxylic acid groups (broad SMARTS) is 1. The van der Waals surface area contributed by atoms with Crippen LogP contribution in [0.1, 0.15) is 13.3 Å². The van der Waals surface area contributed by atoms with Crippen LogP contribution in [0, 0.1) is 0 Å². The molecule has 0 bridgehead atoms. The van der Waals surface area contributed by atoms with Gasteiger partial charge in [-0.3, -0.25) is 0 Å². The molecule has 0 aliphatic rings. The summed E-state index contributed by atoms with van der Waals surface area (Å²) in [7, 11) is 0. The fraction of sp³-hybridized carbons (Fsp3) is 0.833. The summed E-state index contributed by atoms with van der Waals surface area (Å²) < 4.78 is 39.5. The number of carbonyl (C=O) groups is 1. The molecule has 0 saturated heterocycles. The van der Waals surface area contributed by atoms with E-state index in [2.05, 4.69) is 4.74 Å². The molecule has 0 aliphatic heterocycles. The highest BCUT2D eigenvalue weighted by atomic mass is 19.4. The standard InChI is InChI=1S/C6H9F3O3/c1-2-3-12-4(5(10)11)6(7,8)9/h4H,2-3H2,1H3,(H,10,11). The van der Waals surface area contributed by atoms with Crippen molar-refractivity contribution in [3.63, 3.8) is 0 Å². The molecule has 72 valence electrons. The number of alkyl halides is 3. The highest BCUT2D eigenvalue weighted by Crippen LogP contribution is 2.23. The molecule has 0 aromatic carbocycles. The smallest absolute Gasteiger partial charge is 0.425 e. The molecule has 0 heterocycles. The molecular formula is C6H9F3O3. The van der Waals surface area contributed by atoms with Gasteiger partial charge in [-0.15, -0.1) is 0 Å². The molecular weight excluding hydrogens is 177 g/mol. The molecule has 0 aromatic rings. The molecule has 0 fully saturated rings. The van der Waals surface area contributed by atoms with E-state index >= 15 is 0 Å². The van der Waals surface area contributed by atoms with Crippen molar-refractivity contribution < 1.29 is 27.8 Å². The van der Waals surface area contributed by atoms with Gasteiger partial charge in [0.1, 0.15) is 0 Å². The minimum absolute atomic E-state index is 0.212. The molecule has 1 atom stereocenters. The SMILES string of the molecule is CCCOC(C(=O)O)C(F)(F)F. The monoisotopic (exact) mass is 186 g/mol. The predicted molar refractivity (Wildman–Crippen MR) is 33.7 cm³/mol. The lowest BCUT2D eigenvalue weighted by molar-refractivity contribution is -0.227. The van der Waals surface area contributed by atoms with Gasteiger partial charge in [0.2, 0.25) is 0 Å². The second kappa shape index (κ2) is 4.30. The van der Waals surface area contributed by atoms with Gasteiger partial charge in [0, 0.05) is 6.61 Å². The molecule has 6 heteroatoms. The second-order valence-corrected chi connectivity index (χ2v) is 2.13. The van der Waals surface area contributed by atoms with Crippen LogP contribution in [0.3, 0.4) is 0 Å². The van der Waals surface area contributed by atoms with Crippen LogP contribution in [0.15, 0.2) is 0 Å². The predicted octanol–water partition coefficient (Wildman–Crippen LogP) is 1.43. The summed E-state index contributed by atoms with van der Waals surface area (Å²) >= 11 is 0. The van der Waals surface area contributed by atoms with Crippen molar-refractivity contribution in [2.45, 2.75) is 25.6 Å². The van der Waals surface area contributed by atoms with E-state index in [-0.39, 0.29) is 6.61 Å². The third kappa shape index (κ3) is 3.56. The first-order chi connectivity index (χ1) is 5.39. The highest BCUT2D eigenvalue weighted by molar-refractivity contribution is 5.73. The zero-order chi connectivity index (χ0) is 9.78. The Hall–Kier alpha value is -0.780. The first kappa shape index (κ1) is 11.2. The lowest BCUT2D eigenvalue weighted by Gasteiger charge is -2.15. The van der Waals surface area contributed by atoms with Gasteiger partial charge in [0.15, 0.2) is 0 Å². The van der Waals surface area contributed by atoms with E-state index in [4.69, 9.17) is 5.11 Å². The maximum absolute atomic E-state index is 11.8. The third-order valence-corrected chi connectivity index (χ3v) is 1.01. The van der Waals surface area contributed by atoms with Crippen LogP contribution < -0.4 is 0 Å². The molecule has 0 amide bonds. The van der Waals surface area contributed by atoms with Gasteiger partial charge in [-0.25, -0.2) is 4.79 Å². The Morgan fingerprint density at radius 1 is 1.58 bits per heavy atom. The molecule has 1 unspecified atom stereocenters. The van der Waals surface area contributed by atoms with Gasteiger partial charge in [-0.1, -0.05) is 6.92 Å². The fourth-order valence-electron chi connectivity index (χ4n) is 0.541. The Labute approximate surface area is 67.1 Å². The first-order valence-corrected chi connectivity index (χ1v) is 3.30. The summed E-state index contributed by atoms with van der Waals surface area (Å²) in [5, 5.41) is 8.09. The number of aliphatic carboxylic acids is 1. The van der Waals surface area contributed by atoms with Crippen molar-refractivity contribution in [3.8, 4) is 0 Å². The minimum atomic E-state index is -4.83. The number of hydrogen-bond acceptors (Lipinski definition) is 2. The van der Waals surface area contributed by atoms with Gasteiger partial charge in [0.05, 0.1) is 0 Å². The third-order valence-electron chi connectivity index (χ3n) is 1.01. The van der Waals surface area contributed by atoms with E-state index in [9.17, 15) is 18.0 Å². The summed E-state index contributed by atoms with van der Waals surface area (Å²) in [6.07, 6.45) is -7.18. The Morgan fingerprint density at radius 3 is 2.33 bits per heavy atom. The van der Waals surface area contributed by atoms with Crippen LogP contribution >= 0.6 is 0 Å². The average Bonchev–Trinajstić information content (AvgIpc) is 1.84. The van der Waals surface area contributed by atoms with Crippen molar-refractivity contribution in [1.82, 2.24) is 0 Å². The topological polar surface area (TPSA) is 46.5 Å². The summed E-state index contributed by atoms with van der Waals surface area (Å²) in [5.41, 5.74) is 0. The average molecular weight is 186 g/mol. The lowest BCUT2D eigenvalue weighted by atomic mass is 10.3. The Morgan fingerprint density at radius 2 is 2.08 bits per heavy atom. The van der Waals surface area contributed by atoms with Crippen LogP contribution in [-0.2, 0) is 9.53 Å². The largest absolute Gasteiger partial charge is 0.479 e. The van der Waals surface area contributed by atoms with Gasteiger partial charge in [-0.05, 0) is 6.42 Å². The Bertz CT molecular complexity index is 155. The Kier molecular flexibility index (Phi) is 4.02. The van der Waals surface area contributed by atoms with Gasteiger partial charge in [0.25, 0.3) is 6.10 Å². The van der Waals surface area contributed by atoms with E-state index in [1.54, 1.807) is 6.92 Å². The van der Waals surface area contributed by atoms with Gasteiger partial charge >= 0.3 is 12.1 Å². The highest BCUT2D eigenvalue weighted by Gasteiger charge is 2.46. The molecule has 0 saturated carbocycles. The molecule has 0 aromatic heterocycles. The zero-order valence-electron chi connectivity index (χ0n) is 6.39. The molecule has 3 nitrogen and oxygen atoms in total. The van der Waals surface area contributed by atoms with E-state index in [1.165, 1.54) is 0 Å². The number of halogens is 3. The van der Waals surface area contributed by atoms with Crippen molar-refractivity contribution >= 4 is 5.97 Å². The van der Waals surface area contributed by atoms with E-state index in [0.29, 0.717) is 6.42 Å². The Balaban J connectivity index is 4.15. The minimum Gasteiger partial charge on any atom is -0.479 e. The van der Waals surface area contributed by atoms with Gasteiger partial charge < -0.3 is 9.84 Å².